The molecule has 0 aromatic heterocycles. The quantitative estimate of drug-likeness (QED) is 0.695. The van der Waals surface area contributed by atoms with Crippen LogP contribution in [0.2, 0.25) is 0 Å². The van der Waals surface area contributed by atoms with Gasteiger partial charge < -0.3 is 20.5 Å². The van der Waals surface area contributed by atoms with E-state index < -0.39 is 11.5 Å². The minimum absolute atomic E-state index is 0.0253. The summed E-state index contributed by atoms with van der Waals surface area (Å²) in [7, 11) is 0. The molecular formula is C15H26N2O4. The van der Waals surface area contributed by atoms with Crippen LogP contribution in [-0.4, -0.2) is 53.7 Å². The predicted molar refractivity (Wildman–Crippen MR) is 77.4 cm³/mol. The molecule has 2 rings (SSSR count). The lowest BCUT2D eigenvalue weighted by Crippen LogP contribution is -2.60. The fourth-order valence-corrected chi connectivity index (χ4v) is 3.33. The molecule has 1 aliphatic carbocycles. The van der Waals surface area contributed by atoms with Gasteiger partial charge in [-0.05, 0) is 39.0 Å². The molecule has 1 atom stereocenters. The van der Waals surface area contributed by atoms with Crippen LogP contribution < -0.4 is 5.73 Å². The van der Waals surface area contributed by atoms with Gasteiger partial charge in [-0.25, -0.2) is 0 Å². The summed E-state index contributed by atoms with van der Waals surface area (Å²) in [6.45, 7) is 3.78. The van der Waals surface area contributed by atoms with Crippen molar-refractivity contribution in [2.24, 2.45) is 11.1 Å². The smallest absolute Gasteiger partial charge is 0.251 e. The normalized spacial score (nSPS) is 28.0. The van der Waals surface area contributed by atoms with Crippen LogP contribution in [-0.2, 0) is 14.3 Å². The highest BCUT2D eigenvalue weighted by Crippen LogP contribution is 2.46. The van der Waals surface area contributed by atoms with Crippen molar-refractivity contribution >= 4 is 11.8 Å². The molecule has 2 aliphatic rings. The standard InChI is InChI=1S/C15H26N2O4/c1-2-21-10-8-14(5-3-6-14)13(19)17-9-4-7-15(20,11-17)12(16)18/h20H,2-11H2,1H3,(H2,16,18)/t15-/m0/s1. The summed E-state index contributed by atoms with van der Waals surface area (Å²) in [6, 6.07) is 0. The second kappa shape index (κ2) is 6.32. The number of ether oxygens (including phenoxy) is 1. The number of rotatable bonds is 6. The summed E-state index contributed by atoms with van der Waals surface area (Å²) in [5, 5.41) is 10.2. The van der Waals surface area contributed by atoms with Gasteiger partial charge >= 0.3 is 0 Å². The summed E-state index contributed by atoms with van der Waals surface area (Å²) in [5.41, 5.74) is 3.34. The lowest BCUT2D eigenvalue weighted by Gasteiger charge is -2.46. The molecule has 1 aliphatic heterocycles. The molecular weight excluding hydrogens is 272 g/mol. The molecule has 1 saturated carbocycles. The molecule has 0 unspecified atom stereocenters. The van der Waals surface area contributed by atoms with Gasteiger partial charge in [0.05, 0.1) is 12.0 Å². The van der Waals surface area contributed by atoms with Crippen molar-refractivity contribution in [1.29, 1.82) is 0 Å². The average Bonchev–Trinajstić information content (AvgIpc) is 2.41. The summed E-state index contributed by atoms with van der Waals surface area (Å²) < 4.78 is 5.39. The molecule has 0 aromatic rings. The number of aliphatic hydroxyl groups is 1. The van der Waals surface area contributed by atoms with Gasteiger partial charge in [-0.15, -0.1) is 0 Å². The third-order valence-corrected chi connectivity index (χ3v) is 4.91. The first kappa shape index (κ1) is 16.2. The maximum absolute atomic E-state index is 12.8. The zero-order valence-corrected chi connectivity index (χ0v) is 12.8. The minimum atomic E-state index is -1.57. The molecule has 1 heterocycles. The first-order valence-electron chi connectivity index (χ1n) is 7.83. The Morgan fingerprint density at radius 2 is 2.00 bits per heavy atom. The topological polar surface area (TPSA) is 92.9 Å². The number of hydrogen-bond donors (Lipinski definition) is 2. The Hall–Kier alpha value is -1.14. The number of primary amides is 1. The van der Waals surface area contributed by atoms with E-state index in [9.17, 15) is 14.7 Å². The Morgan fingerprint density at radius 3 is 2.52 bits per heavy atom. The van der Waals surface area contributed by atoms with Gasteiger partial charge in [0.25, 0.3) is 5.91 Å². The van der Waals surface area contributed by atoms with Crippen molar-refractivity contribution < 1.29 is 19.4 Å². The number of piperidine rings is 1. The lowest BCUT2D eigenvalue weighted by atomic mass is 9.65. The average molecular weight is 298 g/mol. The van der Waals surface area contributed by atoms with Gasteiger partial charge in [0.1, 0.15) is 0 Å². The van der Waals surface area contributed by atoms with Gasteiger partial charge in [-0.1, -0.05) is 6.42 Å². The van der Waals surface area contributed by atoms with E-state index >= 15 is 0 Å². The third-order valence-electron chi connectivity index (χ3n) is 4.91. The maximum atomic E-state index is 12.8. The monoisotopic (exact) mass is 298 g/mol. The van der Waals surface area contributed by atoms with Crippen LogP contribution >= 0.6 is 0 Å². The van der Waals surface area contributed by atoms with Crippen LogP contribution in [0.3, 0.4) is 0 Å². The van der Waals surface area contributed by atoms with Crippen LogP contribution in [0.25, 0.3) is 0 Å². The van der Waals surface area contributed by atoms with E-state index in [-0.39, 0.29) is 17.9 Å². The van der Waals surface area contributed by atoms with Crippen molar-refractivity contribution in [3.8, 4) is 0 Å². The Labute approximate surface area is 125 Å². The van der Waals surface area contributed by atoms with Gasteiger partial charge in [0.2, 0.25) is 5.91 Å². The van der Waals surface area contributed by atoms with Crippen LogP contribution in [0, 0.1) is 5.41 Å². The van der Waals surface area contributed by atoms with E-state index in [1.54, 1.807) is 4.90 Å². The highest BCUT2D eigenvalue weighted by molar-refractivity contribution is 5.87. The van der Waals surface area contributed by atoms with Crippen LogP contribution in [0.4, 0.5) is 0 Å². The molecule has 2 amide bonds. The number of amides is 2. The number of nitrogens with zero attached hydrogens (tertiary/aromatic N) is 1. The molecule has 120 valence electrons. The zero-order valence-electron chi connectivity index (χ0n) is 12.8. The van der Waals surface area contributed by atoms with E-state index in [0.717, 1.165) is 19.3 Å². The number of hydrogen-bond acceptors (Lipinski definition) is 4. The SMILES string of the molecule is CCOCCC1(C(=O)N2CCC[C@@](O)(C(N)=O)C2)CCC1. The second-order valence-electron chi connectivity index (χ2n) is 6.31. The molecule has 0 bridgehead atoms. The van der Waals surface area contributed by atoms with E-state index in [1.165, 1.54) is 0 Å². The number of β-amino-alcohol motifs (C(OH)–C–C–N with tert-alkyl or cyclic N) is 1. The van der Waals surface area contributed by atoms with E-state index in [4.69, 9.17) is 10.5 Å². The molecule has 6 nitrogen and oxygen atoms in total. The summed E-state index contributed by atoms with van der Waals surface area (Å²) >= 11 is 0. The van der Waals surface area contributed by atoms with Gasteiger partial charge in [0.15, 0.2) is 5.60 Å². The first-order valence-corrected chi connectivity index (χ1v) is 7.83. The number of likely N-dealkylation sites (tertiary alicyclic amines) is 1. The molecule has 0 spiro atoms. The fraction of sp³-hybridized carbons (Fsp3) is 0.867. The molecule has 21 heavy (non-hydrogen) atoms. The molecule has 1 saturated heterocycles. The summed E-state index contributed by atoms with van der Waals surface area (Å²) in [6.07, 6.45) is 4.43. The summed E-state index contributed by atoms with van der Waals surface area (Å²) in [4.78, 5) is 25.8. The Kier molecular flexibility index (Phi) is 4.88. The Bertz CT molecular complexity index is 408. The highest BCUT2D eigenvalue weighted by atomic mass is 16.5. The van der Waals surface area contributed by atoms with Crippen molar-refractivity contribution in [2.75, 3.05) is 26.3 Å². The zero-order chi connectivity index (χ0) is 15.5. The highest BCUT2D eigenvalue weighted by Gasteiger charge is 2.49. The fourth-order valence-electron chi connectivity index (χ4n) is 3.33. The number of carbonyl (C=O) groups excluding carboxylic acids is 2. The van der Waals surface area contributed by atoms with Gasteiger partial charge in [-0.3, -0.25) is 9.59 Å². The van der Waals surface area contributed by atoms with Crippen LogP contribution in [0.15, 0.2) is 0 Å². The van der Waals surface area contributed by atoms with Crippen molar-refractivity contribution in [3.63, 3.8) is 0 Å². The Morgan fingerprint density at radius 1 is 1.29 bits per heavy atom. The largest absolute Gasteiger partial charge is 0.382 e. The third kappa shape index (κ3) is 3.21. The first-order chi connectivity index (χ1) is 9.93. The molecule has 6 heteroatoms. The van der Waals surface area contributed by atoms with Crippen molar-refractivity contribution in [2.45, 2.75) is 51.0 Å². The maximum Gasteiger partial charge on any atom is 0.251 e. The second-order valence-corrected chi connectivity index (χ2v) is 6.31. The van der Waals surface area contributed by atoms with Crippen molar-refractivity contribution in [1.82, 2.24) is 4.90 Å². The number of carbonyl (C=O) groups is 2. The molecule has 0 radical (unpaired) electrons. The van der Waals surface area contributed by atoms with Crippen LogP contribution in [0.5, 0.6) is 0 Å². The summed E-state index contributed by atoms with van der Waals surface area (Å²) in [5.74, 6) is -0.690. The molecule has 3 N–H and O–H groups in total. The van der Waals surface area contributed by atoms with Gasteiger partial charge in [0, 0.05) is 19.8 Å². The van der Waals surface area contributed by atoms with E-state index in [2.05, 4.69) is 0 Å². The predicted octanol–water partition coefficient (Wildman–Crippen LogP) is 0.422. The van der Waals surface area contributed by atoms with Gasteiger partial charge in [-0.2, -0.15) is 0 Å². The molecule has 0 aromatic carbocycles. The van der Waals surface area contributed by atoms with E-state index in [0.29, 0.717) is 39.0 Å². The van der Waals surface area contributed by atoms with Crippen LogP contribution in [0.1, 0.15) is 45.4 Å². The minimum Gasteiger partial charge on any atom is -0.382 e. The van der Waals surface area contributed by atoms with Crippen molar-refractivity contribution in [3.05, 3.63) is 0 Å². The van der Waals surface area contributed by atoms with E-state index in [1.807, 2.05) is 6.92 Å². The Balaban J connectivity index is 2.02. The number of nitrogens with two attached hydrogens (primary N) is 1. The molecule has 2 fully saturated rings. The lowest BCUT2D eigenvalue weighted by molar-refractivity contribution is -0.160.